The first-order chi connectivity index (χ1) is 16.9. The van der Waals surface area contributed by atoms with Crippen molar-refractivity contribution in [1.82, 2.24) is 10.3 Å². The number of halogens is 2. The van der Waals surface area contributed by atoms with E-state index in [1.165, 1.54) is 7.11 Å². The Morgan fingerprint density at radius 3 is 2.66 bits per heavy atom. The van der Waals surface area contributed by atoms with Crippen molar-refractivity contribution >= 4 is 78.3 Å². The second kappa shape index (κ2) is 9.65. The fourth-order valence-electron chi connectivity index (χ4n) is 3.74. The number of methoxy groups -OCH3 is 1. The minimum Gasteiger partial charge on any atom is -0.495 e. The number of anilines is 1. The van der Waals surface area contributed by atoms with E-state index in [0.717, 1.165) is 10.8 Å². The number of fused-ring (bicyclic) bond motifs is 2. The topological polar surface area (TPSA) is 76.4 Å². The Morgan fingerprint density at radius 1 is 1.09 bits per heavy atom. The van der Waals surface area contributed by atoms with Crippen LogP contribution in [0.15, 0.2) is 81.7 Å². The summed E-state index contributed by atoms with van der Waals surface area (Å²) in [5.41, 5.74) is 2.94. The van der Waals surface area contributed by atoms with Crippen LogP contribution in [-0.2, 0) is 0 Å². The second-order valence-corrected chi connectivity index (χ2v) is 9.19. The normalized spacial score (nSPS) is 10.9. The largest absolute Gasteiger partial charge is 0.495 e. The van der Waals surface area contributed by atoms with Gasteiger partial charge in [-0.15, -0.1) is 0 Å². The molecular formula is C26H17BrClN3O3S. The number of carbonyl (C=O) groups excluding carboxylic acids is 1. The van der Waals surface area contributed by atoms with Gasteiger partial charge < -0.3 is 14.5 Å². The quantitative estimate of drug-likeness (QED) is 0.224. The number of nitrogens with one attached hydrogen (secondary N) is 2. The van der Waals surface area contributed by atoms with Gasteiger partial charge in [0.2, 0.25) is 5.89 Å². The van der Waals surface area contributed by atoms with Gasteiger partial charge >= 0.3 is 0 Å². The summed E-state index contributed by atoms with van der Waals surface area (Å²) in [6, 6.07) is 22.2. The van der Waals surface area contributed by atoms with E-state index in [2.05, 4.69) is 31.5 Å². The SMILES string of the molecule is COc1c(C(=O)NC(=S)Nc2ccc3oc(-c4ccccc4Cl)nc3c2)cc2ccccc2c1Br. The van der Waals surface area contributed by atoms with E-state index in [4.69, 9.17) is 33.0 Å². The summed E-state index contributed by atoms with van der Waals surface area (Å²) < 4.78 is 12.0. The first-order valence-electron chi connectivity index (χ1n) is 10.5. The van der Waals surface area contributed by atoms with E-state index < -0.39 is 5.91 Å². The molecule has 4 aromatic carbocycles. The first kappa shape index (κ1) is 23.3. The smallest absolute Gasteiger partial charge is 0.261 e. The van der Waals surface area contributed by atoms with Crippen molar-refractivity contribution in [1.29, 1.82) is 0 Å². The Bertz CT molecular complexity index is 1620. The van der Waals surface area contributed by atoms with Gasteiger partial charge in [0.1, 0.15) is 11.3 Å². The molecule has 0 radical (unpaired) electrons. The monoisotopic (exact) mass is 565 g/mol. The molecule has 0 aliphatic rings. The third-order valence-corrected chi connectivity index (χ3v) is 6.69. The number of hydrogen-bond acceptors (Lipinski definition) is 5. The maximum absolute atomic E-state index is 13.0. The molecule has 5 rings (SSSR count). The fraction of sp³-hybridized carbons (Fsp3) is 0.0385. The lowest BCUT2D eigenvalue weighted by Gasteiger charge is -2.14. The van der Waals surface area contributed by atoms with E-state index in [1.807, 2.05) is 42.5 Å². The summed E-state index contributed by atoms with van der Waals surface area (Å²) in [6.07, 6.45) is 0. The average molecular weight is 567 g/mol. The molecule has 1 amide bonds. The minimum atomic E-state index is -0.394. The molecule has 0 unspecified atom stereocenters. The van der Waals surface area contributed by atoms with Gasteiger partial charge in [0.05, 0.1) is 27.7 Å². The molecule has 2 N–H and O–H groups in total. The molecular weight excluding hydrogens is 550 g/mol. The van der Waals surface area contributed by atoms with Crippen LogP contribution in [0, 0.1) is 0 Å². The number of ether oxygens (including phenoxy) is 1. The van der Waals surface area contributed by atoms with Crippen LogP contribution < -0.4 is 15.4 Å². The number of amides is 1. The Labute approximate surface area is 219 Å². The Morgan fingerprint density at radius 2 is 1.86 bits per heavy atom. The summed E-state index contributed by atoms with van der Waals surface area (Å²) >= 11 is 15.2. The molecule has 0 fully saturated rings. The lowest BCUT2D eigenvalue weighted by molar-refractivity contribution is 0.0975. The zero-order valence-electron chi connectivity index (χ0n) is 18.3. The van der Waals surface area contributed by atoms with E-state index >= 15 is 0 Å². The Balaban J connectivity index is 1.36. The Hall–Kier alpha value is -3.46. The molecule has 174 valence electrons. The van der Waals surface area contributed by atoms with Crippen molar-refractivity contribution in [2.45, 2.75) is 0 Å². The lowest BCUT2D eigenvalue weighted by atomic mass is 10.1. The van der Waals surface area contributed by atoms with Gasteiger partial charge in [-0.3, -0.25) is 10.1 Å². The standard InChI is InChI=1S/C26H17BrClN3O3S/c1-33-23-18(12-14-6-2-3-7-16(14)22(23)27)24(32)31-26(35)29-15-10-11-21-20(13-15)30-25(34-21)17-8-4-5-9-19(17)28/h2-13H,1H3,(H2,29,31,32,35). The molecule has 0 aliphatic heterocycles. The van der Waals surface area contributed by atoms with E-state index in [0.29, 0.717) is 49.0 Å². The van der Waals surface area contributed by atoms with Crippen LogP contribution in [0.3, 0.4) is 0 Å². The number of hydrogen-bond donors (Lipinski definition) is 2. The van der Waals surface area contributed by atoms with Crippen LogP contribution in [0.5, 0.6) is 5.75 Å². The van der Waals surface area contributed by atoms with Gasteiger partial charge in [0.15, 0.2) is 10.7 Å². The number of nitrogens with zero attached hydrogens (tertiary/aromatic N) is 1. The van der Waals surface area contributed by atoms with Crippen molar-refractivity contribution < 1.29 is 13.9 Å². The first-order valence-corrected chi connectivity index (χ1v) is 12.1. The molecule has 1 heterocycles. The molecule has 0 atom stereocenters. The maximum Gasteiger partial charge on any atom is 0.261 e. The van der Waals surface area contributed by atoms with Gasteiger partial charge in [0, 0.05) is 5.69 Å². The summed E-state index contributed by atoms with van der Waals surface area (Å²) in [5.74, 6) is 0.460. The van der Waals surface area contributed by atoms with E-state index in [-0.39, 0.29) is 5.11 Å². The van der Waals surface area contributed by atoms with Crippen molar-refractivity contribution in [3.05, 3.63) is 87.9 Å². The second-order valence-electron chi connectivity index (χ2n) is 7.58. The van der Waals surface area contributed by atoms with Crippen LogP contribution in [0.2, 0.25) is 5.02 Å². The zero-order valence-corrected chi connectivity index (χ0v) is 21.4. The average Bonchev–Trinajstić information content (AvgIpc) is 3.27. The van der Waals surface area contributed by atoms with Crippen molar-refractivity contribution in [3.8, 4) is 17.2 Å². The third-order valence-electron chi connectivity index (χ3n) is 5.37. The zero-order chi connectivity index (χ0) is 24.5. The van der Waals surface area contributed by atoms with Crippen LogP contribution >= 0.6 is 39.7 Å². The highest BCUT2D eigenvalue weighted by Gasteiger charge is 2.19. The molecule has 0 bridgehead atoms. The summed E-state index contributed by atoms with van der Waals surface area (Å²) in [7, 11) is 1.52. The number of carbonyl (C=O) groups is 1. The number of aromatic nitrogens is 1. The number of oxazole rings is 1. The Kier molecular flexibility index (Phi) is 6.42. The summed E-state index contributed by atoms with van der Waals surface area (Å²) in [4.78, 5) is 17.6. The van der Waals surface area contributed by atoms with Crippen molar-refractivity contribution in [2.75, 3.05) is 12.4 Å². The van der Waals surface area contributed by atoms with Crippen molar-refractivity contribution in [3.63, 3.8) is 0 Å². The van der Waals surface area contributed by atoms with Crippen molar-refractivity contribution in [2.24, 2.45) is 0 Å². The number of rotatable bonds is 4. The third kappa shape index (κ3) is 4.60. The number of thiocarbonyl (C=S) groups is 1. The summed E-state index contributed by atoms with van der Waals surface area (Å²) in [6.45, 7) is 0. The van der Waals surface area contributed by atoms with Crippen LogP contribution in [0.25, 0.3) is 33.3 Å². The predicted octanol–water partition coefficient (Wildman–Crippen LogP) is 7.20. The molecule has 35 heavy (non-hydrogen) atoms. The van der Waals surface area contributed by atoms with Crippen LogP contribution in [0.1, 0.15) is 10.4 Å². The summed E-state index contributed by atoms with van der Waals surface area (Å²) in [5, 5.41) is 8.27. The lowest BCUT2D eigenvalue weighted by Crippen LogP contribution is -2.34. The molecule has 5 aromatic rings. The van der Waals surface area contributed by atoms with E-state index in [9.17, 15) is 4.79 Å². The van der Waals surface area contributed by atoms with Gasteiger partial charge in [-0.2, -0.15) is 0 Å². The molecule has 0 spiro atoms. The molecule has 1 aromatic heterocycles. The highest BCUT2D eigenvalue weighted by atomic mass is 79.9. The highest BCUT2D eigenvalue weighted by molar-refractivity contribution is 9.10. The minimum absolute atomic E-state index is 0.135. The highest BCUT2D eigenvalue weighted by Crippen LogP contribution is 2.36. The number of benzene rings is 4. The van der Waals surface area contributed by atoms with Gasteiger partial charge in [-0.1, -0.05) is 48.0 Å². The fourth-order valence-corrected chi connectivity index (χ4v) is 4.90. The van der Waals surface area contributed by atoms with Crippen LogP contribution in [0.4, 0.5) is 5.69 Å². The molecule has 0 aliphatic carbocycles. The maximum atomic E-state index is 13.0. The van der Waals surface area contributed by atoms with E-state index in [1.54, 1.807) is 30.3 Å². The van der Waals surface area contributed by atoms with Gasteiger partial charge in [-0.05, 0) is 75.3 Å². The van der Waals surface area contributed by atoms with Gasteiger partial charge in [-0.25, -0.2) is 4.98 Å². The molecule has 0 saturated carbocycles. The molecule has 0 saturated heterocycles. The molecule has 9 heteroatoms. The predicted molar refractivity (Wildman–Crippen MR) is 146 cm³/mol. The molecule has 6 nitrogen and oxygen atoms in total. The van der Waals surface area contributed by atoms with Crippen LogP contribution in [-0.4, -0.2) is 23.1 Å². The van der Waals surface area contributed by atoms with Gasteiger partial charge in [0.25, 0.3) is 5.91 Å².